The molecule has 2 heterocycles. The van der Waals surface area contributed by atoms with Gasteiger partial charge in [0.15, 0.2) is 0 Å². The zero-order valence-electron chi connectivity index (χ0n) is 32.2. The Morgan fingerprint density at radius 3 is 1.94 bits per heavy atom. The summed E-state index contributed by atoms with van der Waals surface area (Å²) in [6, 6.07) is -3.16. The molecule has 2 aliphatic carbocycles. The van der Waals surface area contributed by atoms with Crippen molar-refractivity contribution in [3.63, 3.8) is 0 Å². The number of ketones is 1. The van der Waals surface area contributed by atoms with Gasteiger partial charge in [-0.1, -0.05) is 82.6 Å². The number of hydrogen-bond donors (Lipinski definition) is 4. The van der Waals surface area contributed by atoms with E-state index in [4.69, 9.17) is 0 Å². The Bertz CT molecular complexity index is 1420. The maximum atomic E-state index is 14.5. The Balaban J connectivity index is 1.54. The van der Waals surface area contributed by atoms with E-state index in [1.807, 2.05) is 62.3 Å². The number of likely N-dealkylation sites (N-methyl/N-ethyl adjacent to an activating group) is 1. The molecule has 0 spiro atoms. The third-order valence-corrected chi connectivity index (χ3v) is 11.6. The van der Waals surface area contributed by atoms with E-state index in [2.05, 4.69) is 35.1 Å². The molecule has 0 unspecified atom stereocenters. The predicted molar refractivity (Wildman–Crippen MR) is 187 cm³/mol. The van der Waals surface area contributed by atoms with Crippen molar-refractivity contribution in [2.45, 2.75) is 132 Å². The topological polar surface area (TPSA) is 174 Å². The minimum Gasteiger partial charge on any atom is -0.350 e. The second-order valence-electron chi connectivity index (χ2n) is 18.6. The van der Waals surface area contributed by atoms with E-state index < -0.39 is 69.4 Å². The van der Waals surface area contributed by atoms with Crippen LogP contribution in [0.3, 0.4) is 0 Å². The van der Waals surface area contributed by atoms with Gasteiger partial charge in [-0.15, -0.1) is 0 Å². The summed E-state index contributed by atoms with van der Waals surface area (Å²) < 4.78 is 0. The summed E-state index contributed by atoms with van der Waals surface area (Å²) in [4.78, 5) is 96.9. The summed E-state index contributed by atoms with van der Waals surface area (Å²) in [5.41, 5.74) is -3.24. The predicted octanol–water partition coefficient (Wildman–Crippen LogP) is 2.76. The summed E-state index contributed by atoms with van der Waals surface area (Å²) >= 11 is 0. The average molecular weight is 701 g/mol. The minimum atomic E-state index is -1.30. The van der Waals surface area contributed by atoms with Crippen molar-refractivity contribution in [1.29, 1.82) is 0 Å². The molecule has 4 fully saturated rings. The maximum absolute atomic E-state index is 14.5. The third-order valence-electron chi connectivity index (χ3n) is 11.6. The first-order valence-corrected chi connectivity index (χ1v) is 18.2. The fourth-order valence-corrected chi connectivity index (χ4v) is 8.14. The molecule has 0 bridgehead atoms. The van der Waals surface area contributed by atoms with E-state index in [0.717, 1.165) is 0 Å². The van der Waals surface area contributed by atoms with Crippen molar-refractivity contribution in [2.24, 2.45) is 39.4 Å². The fraction of sp³-hybridized carbons (Fsp3) is 0.811. The summed E-state index contributed by atoms with van der Waals surface area (Å²) in [5, 5.41) is 11.3. The van der Waals surface area contributed by atoms with E-state index in [0.29, 0.717) is 19.4 Å². The van der Waals surface area contributed by atoms with Gasteiger partial charge in [0.1, 0.15) is 17.6 Å². The Hall–Kier alpha value is -3.51. The molecule has 280 valence electrons. The molecule has 0 radical (unpaired) electrons. The van der Waals surface area contributed by atoms with Gasteiger partial charge in [-0.3, -0.25) is 33.7 Å². The van der Waals surface area contributed by atoms with Crippen molar-refractivity contribution < 1.29 is 33.6 Å². The quantitative estimate of drug-likeness (QED) is 0.189. The number of fused-ring (bicyclic) bond motifs is 1. The van der Waals surface area contributed by atoms with Gasteiger partial charge >= 0.3 is 6.03 Å². The van der Waals surface area contributed by atoms with Gasteiger partial charge in [-0.05, 0) is 52.8 Å². The second-order valence-corrected chi connectivity index (χ2v) is 18.6. The van der Waals surface area contributed by atoms with Crippen LogP contribution in [0.25, 0.3) is 0 Å². The molecule has 0 aromatic rings. The molecule has 2 aliphatic heterocycles. The number of carbonyl (C=O) groups excluding carboxylic acids is 7. The summed E-state index contributed by atoms with van der Waals surface area (Å²) in [6.07, 6.45) is 1.42. The summed E-state index contributed by atoms with van der Waals surface area (Å²) in [7, 11) is 0. The Morgan fingerprint density at radius 1 is 0.880 bits per heavy atom. The van der Waals surface area contributed by atoms with Crippen LogP contribution in [-0.4, -0.2) is 94.4 Å². The van der Waals surface area contributed by atoms with Gasteiger partial charge in [0.25, 0.3) is 5.91 Å². The smallest absolute Gasteiger partial charge is 0.315 e. The van der Waals surface area contributed by atoms with E-state index in [1.165, 1.54) is 9.80 Å². The Kier molecular flexibility index (Phi) is 10.4. The fourth-order valence-electron chi connectivity index (χ4n) is 8.14. The molecule has 13 nitrogen and oxygen atoms in total. The van der Waals surface area contributed by atoms with Crippen molar-refractivity contribution in [2.75, 3.05) is 19.6 Å². The molecule has 7 atom stereocenters. The number of likely N-dealkylation sites (tertiary alicyclic amines) is 2. The highest BCUT2D eigenvalue weighted by atomic mass is 16.2. The van der Waals surface area contributed by atoms with Gasteiger partial charge < -0.3 is 26.2 Å². The Labute approximate surface area is 297 Å². The zero-order chi connectivity index (χ0) is 37.9. The van der Waals surface area contributed by atoms with Gasteiger partial charge in [0, 0.05) is 32.5 Å². The van der Waals surface area contributed by atoms with E-state index in [-0.39, 0.29) is 60.9 Å². The van der Waals surface area contributed by atoms with E-state index >= 15 is 0 Å². The molecule has 2 saturated heterocycles. The highest BCUT2D eigenvalue weighted by molar-refractivity contribution is 6.41. The molecule has 13 heteroatoms. The first-order valence-electron chi connectivity index (χ1n) is 18.2. The molecule has 4 N–H and O–H groups in total. The monoisotopic (exact) mass is 700 g/mol. The number of piperidine rings is 2. The minimum absolute atomic E-state index is 0.00110. The molecule has 2 saturated carbocycles. The molecule has 4 aliphatic rings. The molecule has 0 aromatic heterocycles. The lowest BCUT2D eigenvalue weighted by Gasteiger charge is -2.41. The van der Waals surface area contributed by atoms with Crippen molar-refractivity contribution in [1.82, 2.24) is 31.1 Å². The van der Waals surface area contributed by atoms with Gasteiger partial charge in [0.05, 0.1) is 6.04 Å². The van der Waals surface area contributed by atoms with Crippen LogP contribution in [0.1, 0.15) is 109 Å². The number of amides is 7. The number of nitrogens with zero attached hydrogens (tertiary/aromatic N) is 2. The first-order chi connectivity index (χ1) is 22.8. The van der Waals surface area contributed by atoms with Crippen LogP contribution >= 0.6 is 0 Å². The average Bonchev–Trinajstić information content (AvgIpc) is 3.72. The summed E-state index contributed by atoms with van der Waals surface area (Å²) in [5.74, 6) is -3.12. The van der Waals surface area contributed by atoms with Crippen molar-refractivity contribution >= 4 is 41.4 Å². The van der Waals surface area contributed by atoms with Crippen LogP contribution in [0.2, 0.25) is 0 Å². The second kappa shape index (κ2) is 13.2. The molecular weight excluding hydrogens is 640 g/mol. The normalized spacial score (nSPS) is 29.4. The first kappa shape index (κ1) is 39.3. The lowest BCUT2D eigenvalue weighted by atomic mass is 9.80. The number of hydrogen-bond acceptors (Lipinski definition) is 7. The third kappa shape index (κ3) is 7.56. The number of urea groups is 1. The molecule has 50 heavy (non-hydrogen) atoms. The van der Waals surface area contributed by atoms with Crippen LogP contribution in [0.5, 0.6) is 0 Å². The Morgan fingerprint density at radius 2 is 1.46 bits per heavy atom. The van der Waals surface area contributed by atoms with E-state index in [1.54, 1.807) is 6.92 Å². The van der Waals surface area contributed by atoms with Crippen LogP contribution in [0.4, 0.5) is 4.79 Å². The van der Waals surface area contributed by atoms with Gasteiger partial charge in [-0.25, -0.2) is 4.79 Å². The lowest BCUT2D eigenvalue weighted by Crippen LogP contribution is -2.63. The van der Waals surface area contributed by atoms with Gasteiger partial charge in [0.2, 0.25) is 29.4 Å². The van der Waals surface area contributed by atoms with Gasteiger partial charge in [-0.2, -0.15) is 0 Å². The highest BCUT2D eigenvalue weighted by Crippen LogP contribution is 2.65. The molecule has 7 amide bonds. The summed E-state index contributed by atoms with van der Waals surface area (Å²) in [6.45, 7) is 23.3. The number of Topliss-reactive ketones (excluding diaryl/α,β-unsaturated/α-hetero) is 1. The molecule has 0 aromatic carbocycles. The maximum Gasteiger partial charge on any atom is 0.315 e. The number of nitrogens with one attached hydrogen (secondary N) is 4. The highest BCUT2D eigenvalue weighted by Gasteiger charge is 2.71. The lowest BCUT2D eigenvalue weighted by molar-refractivity contribution is -0.153. The number of rotatable bonds is 11. The van der Waals surface area contributed by atoms with Crippen molar-refractivity contribution in [3.05, 3.63) is 0 Å². The standard InChI is InChI=1S/C37H60N6O7/c1-13-20-15-37(20,28(46)30(48)38-14-2)41-29(47)26-25-21(36(25,11)12)18-43(26)31(49)27(34(6,7)8)40-32(50)39-22(33(3,4)5)19-42-23(44)16-35(9,10)17-24(42)45/h20-22,25-27H,13-19H2,1-12H3,(H,38,48)(H,41,47)(H2,39,40,50)/t20-,21-,22+,25-,26-,27+,37+/m0/s1. The SMILES string of the molecule is CCNC(=O)C(=O)[C@@]1(NC(=O)[C@@H]2[C@@H]3[C@H](CN2C(=O)[C@@H](NC(=O)N[C@H](CN2C(=O)CC(C)(C)CC2=O)C(C)(C)C)C(C)(C)C)C3(C)C)C[C@@H]1CC. The van der Waals surface area contributed by atoms with Crippen LogP contribution in [-0.2, 0) is 28.8 Å². The van der Waals surface area contributed by atoms with Crippen molar-refractivity contribution in [3.8, 4) is 0 Å². The van der Waals surface area contributed by atoms with Crippen LogP contribution < -0.4 is 21.3 Å². The van der Waals surface area contributed by atoms with Crippen LogP contribution in [0.15, 0.2) is 0 Å². The van der Waals surface area contributed by atoms with E-state index in [9.17, 15) is 33.6 Å². The molecule has 4 rings (SSSR count). The van der Waals surface area contributed by atoms with Crippen LogP contribution in [0, 0.1) is 39.4 Å². The number of carbonyl (C=O) groups is 7. The largest absolute Gasteiger partial charge is 0.350 e. The molecular formula is C37H60N6O7. The number of imide groups is 1. The zero-order valence-corrected chi connectivity index (χ0v) is 32.2.